The lowest BCUT2D eigenvalue weighted by Crippen LogP contribution is -2.46. The molecular formula is C30H42N4O8. The van der Waals surface area contributed by atoms with Crippen LogP contribution in [0, 0.1) is 11.8 Å². The molecule has 42 heavy (non-hydrogen) atoms. The van der Waals surface area contributed by atoms with E-state index >= 15 is 0 Å². The van der Waals surface area contributed by atoms with Crippen molar-refractivity contribution in [3.63, 3.8) is 0 Å². The number of phenolic OH excluding ortho intramolecular Hbond substituents is 1. The largest absolute Gasteiger partial charge is 0.502 e. The maximum absolute atomic E-state index is 13.2. The zero-order valence-electron chi connectivity index (χ0n) is 24.4. The van der Waals surface area contributed by atoms with E-state index in [1.54, 1.807) is 12.1 Å². The van der Waals surface area contributed by atoms with Crippen LogP contribution in [0.5, 0.6) is 28.7 Å². The molecule has 0 bridgehead atoms. The van der Waals surface area contributed by atoms with Crippen molar-refractivity contribution in [3.05, 3.63) is 41.0 Å². The molecule has 0 saturated carbocycles. The van der Waals surface area contributed by atoms with Gasteiger partial charge in [-0.25, -0.2) is 4.79 Å². The number of hydrogen-bond acceptors (Lipinski definition) is 10. The lowest BCUT2D eigenvalue weighted by atomic mass is 9.65. The number of benzene rings is 2. The SMILES string of the molecule is CCN(CCCN)CCCNC(=O)N[C@@H]1c2cc3c(cc2[C@@H](c2cc(OC)c(O)c(OC)c2)[C@H]2C(O)OC[C@@H]21)OCO3. The molecule has 1 aliphatic carbocycles. The standard InChI is InChI=1S/C30H42N4O8/c1-4-34(9-5-7-31)10-6-8-32-30(37)33-27-19-14-22-21(41-16-42-22)13-18(19)25(26-20(27)15-40-29(26)36)17-11-23(38-2)28(35)24(12-17)39-3/h11-14,20,25-27,29,35-36H,4-10,15-16,31H2,1-3H3,(H2,32,33,37)/t20-,25+,26-,27+,29?/m0/s1. The third-order valence-electron chi connectivity index (χ3n) is 8.55. The Balaban J connectivity index is 1.43. The summed E-state index contributed by atoms with van der Waals surface area (Å²) in [6, 6.07) is 6.55. The van der Waals surface area contributed by atoms with Gasteiger partial charge in [0.25, 0.3) is 0 Å². The van der Waals surface area contributed by atoms with Gasteiger partial charge in [-0.3, -0.25) is 0 Å². The molecule has 3 aliphatic rings. The molecule has 6 N–H and O–H groups in total. The number of rotatable bonds is 12. The first-order chi connectivity index (χ1) is 20.4. The number of aliphatic hydroxyl groups excluding tert-OH is 1. The number of fused-ring (bicyclic) bond motifs is 3. The zero-order chi connectivity index (χ0) is 29.8. The maximum Gasteiger partial charge on any atom is 0.315 e. The van der Waals surface area contributed by atoms with E-state index in [-0.39, 0.29) is 48.5 Å². The third-order valence-corrected chi connectivity index (χ3v) is 8.55. The molecule has 2 heterocycles. The van der Waals surface area contributed by atoms with Crippen LogP contribution in [0.15, 0.2) is 24.3 Å². The van der Waals surface area contributed by atoms with Crippen molar-refractivity contribution in [1.29, 1.82) is 0 Å². The molecule has 230 valence electrons. The molecule has 5 rings (SSSR count). The molecule has 0 radical (unpaired) electrons. The van der Waals surface area contributed by atoms with Crippen molar-refractivity contribution < 1.29 is 38.7 Å². The minimum atomic E-state index is -1.08. The monoisotopic (exact) mass is 586 g/mol. The Labute approximate surface area is 246 Å². The van der Waals surface area contributed by atoms with Crippen molar-refractivity contribution in [1.82, 2.24) is 15.5 Å². The lowest BCUT2D eigenvalue weighted by Gasteiger charge is -2.41. The fourth-order valence-corrected chi connectivity index (χ4v) is 6.44. The number of nitrogens with zero attached hydrogens (tertiary/aromatic N) is 1. The third kappa shape index (κ3) is 5.89. The molecule has 2 aromatic rings. The van der Waals surface area contributed by atoms with Crippen molar-refractivity contribution in [2.45, 2.75) is 38.0 Å². The van der Waals surface area contributed by atoms with Crippen LogP contribution in [0.2, 0.25) is 0 Å². The van der Waals surface area contributed by atoms with Crippen LogP contribution in [0.3, 0.4) is 0 Å². The molecule has 2 aliphatic heterocycles. The Hall–Kier alpha value is -3.45. The van der Waals surface area contributed by atoms with Crippen molar-refractivity contribution in [3.8, 4) is 28.7 Å². The molecule has 1 saturated heterocycles. The molecular weight excluding hydrogens is 544 g/mol. The fraction of sp³-hybridized carbons (Fsp3) is 0.567. The van der Waals surface area contributed by atoms with E-state index in [9.17, 15) is 15.0 Å². The van der Waals surface area contributed by atoms with Gasteiger partial charge in [0.1, 0.15) is 0 Å². The molecule has 12 nitrogen and oxygen atoms in total. The van der Waals surface area contributed by atoms with Gasteiger partial charge in [0.05, 0.1) is 26.9 Å². The Morgan fingerprint density at radius 2 is 1.74 bits per heavy atom. The predicted octanol–water partition coefficient (Wildman–Crippen LogP) is 2.27. The van der Waals surface area contributed by atoms with Crippen molar-refractivity contribution in [2.75, 3.05) is 60.3 Å². The minimum Gasteiger partial charge on any atom is -0.502 e. The van der Waals surface area contributed by atoms with Gasteiger partial charge >= 0.3 is 6.03 Å². The van der Waals surface area contributed by atoms with E-state index in [2.05, 4.69) is 22.5 Å². The Bertz CT molecular complexity index is 1240. The summed E-state index contributed by atoms with van der Waals surface area (Å²) in [4.78, 5) is 15.5. The second-order valence-electron chi connectivity index (χ2n) is 10.9. The minimum absolute atomic E-state index is 0.0982. The molecule has 5 atom stereocenters. The van der Waals surface area contributed by atoms with Crippen molar-refractivity contribution >= 4 is 6.03 Å². The van der Waals surface area contributed by atoms with Crippen LogP contribution in [0.4, 0.5) is 4.79 Å². The molecule has 1 fully saturated rings. The van der Waals surface area contributed by atoms with Gasteiger partial charge in [-0.2, -0.15) is 0 Å². The van der Waals surface area contributed by atoms with Gasteiger partial charge in [-0.15, -0.1) is 0 Å². The number of aliphatic hydroxyl groups is 1. The molecule has 2 amide bonds. The summed E-state index contributed by atoms with van der Waals surface area (Å²) >= 11 is 0. The highest BCUT2D eigenvalue weighted by Crippen LogP contribution is 2.56. The van der Waals surface area contributed by atoms with Gasteiger partial charge < -0.3 is 55.2 Å². The van der Waals surface area contributed by atoms with Crippen LogP contribution in [-0.2, 0) is 4.74 Å². The summed E-state index contributed by atoms with van der Waals surface area (Å²) in [6.07, 6.45) is 0.680. The first-order valence-electron chi connectivity index (χ1n) is 14.5. The molecule has 12 heteroatoms. The average Bonchev–Trinajstić information content (AvgIpc) is 3.62. The molecule has 0 spiro atoms. The summed E-state index contributed by atoms with van der Waals surface area (Å²) < 4.78 is 28.1. The number of carbonyl (C=O) groups excluding carboxylic acids is 1. The van der Waals surface area contributed by atoms with E-state index in [1.807, 2.05) is 12.1 Å². The average molecular weight is 587 g/mol. The quantitative estimate of drug-likeness (QED) is 0.234. The van der Waals surface area contributed by atoms with Crippen molar-refractivity contribution in [2.24, 2.45) is 17.6 Å². The van der Waals surface area contributed by atoms with Gasteiger partial charge in [-0.05, 0) is 80.0 Å². The van der Waals surface area contributed by atoms with E-state index in [0.717, 1.165) is 49.2 Å². The summed E-state index contributed by atoms with van der Waals surface area (Å²) in [7, 11) is 2.94. The summed E-state index contributed by atoms with van der Waals surface area (Å²) in [5, 5.41) is 27.8. The number of aromatic hydroxyl groups is 1. The first-order valence-corrected chi connectivity index (χ1v) is 14.5. The number of carbonyl (C=O) groups is 1. The highest BCUT2D eigenvalue weighted by Gasteiger charge is 2.52. The number of phenols is 1. The number of hydrogen-bond donors (Lipinski definition) is 5. The number of urea groups is 1. The van der Waals surface area contributed by atoms with Gasteiger partial charge in [0, 0.05) is 24.3 Å². The number of nitrogens with two attached hydrogens (primary N) is 1. The smallest absolute Gasteiger partial charge is 0.315 e. The maximum atomic E-state index is 13.2. The second kappa shape index (κ2) is 13.2. The van der Waals surface area contributed by atoms with Gasteiger partial charge in [0.2, 0.25) is 12.5 Å². The summed E-state index contributed by atoms with van der Waals surface area (Å²) in [5.41, 5.74) is 8.11. The lowest BCUT2D eigenvalue weighted by molar-refractivity contribution is -0.0855. The zero-order valence-corrected chi connectivity index (χ0v) is 24.4. The Morgan fingerprint density at radius 3 is 2.38 bits per heavy atom. The molecule has 1 unspecified atom stereocenters. The number of amides is 2. The van der Waals surface area contributed by atoms with Crippen LogP contribution in [0.25, 0.3) is 0 Å². The van der Waals surface area contributed by atoms with Gasteiger partial charge in [-0.1, -0.05) is 6.92 Å². The predicted molar refractivity (Wildman–Crippen MR) is 154 cm³/mol. The molecule has 0 aromatic heterocycles. The van der Waals surface area contributed by atoms with E-state index in [1.165, 1.54) is 14.2 Å². The van der Waals surface area contributed by atoms with Crippen LogP contribution in [0.1, 0.15) is 48.4 Å². The second-order valence-corrected chi connectivity index (χ2v) is 10.9. The van der Waals surface area contributed by atoms with Crippen LogP contribution >= 0.6 is 0 Å². The van der Waals surface area contributed by atoms with Gasteiger partial charge in [0.15, 0.2) is 29.3 Å². The fourth-order valence-electron chi connectivity index (χ4n) is 6.44. The number of methoxy groups -OCH3 is 2. The Morgan fingerprint density at radius 1 is 1.07 bits per heavy atom. The van der Waals surface area contributed by atoms with Crippen LogP contribution < -0.4 is 35.3 Å². The number of nitrogens with one attached hydrogen (secondary N) is 2. The topological polar surface area (TPSA) is 157 Å². The van der Waals surface area contributed by atoms with E-state index in [0.29, 0.717) is 24.6 Å². The van der Waals surface area contributed by atoms with Crippen LogP contribution in [-0.4, -0.2) is 87.8 Å². The van der Waals surface area contributed by atoms with E-state index < -0.39 is 18.2 Å². The summed E-state index contributed by atoms with van der Waals surface area (Å²) in [5.74, 6) is 0.529. The number of ether oxygens (including phenoxy) is 5. The molecule has 2 aromatic carbocycles. The first kappa shape index (κ1) is 30.0. The Kier molecular flexibility index (Phi) is 9.47. The highest BCUT2D eigenvalue weighted by molar-refractivity contribution is 5.75. The summed E-state index contributed by atoms with van der Waals surface area (Å²) in [6.45, 7) is 6.41. The normalized spacial score (nSPS) is 23.8. The van der Waals surface area contributed by atoms with E-state index in [4.69, 9.17) is 29.4 Å². The highest BCUT2D eigenvalue weighted by atomic mass is 16.7.